The second kappa shape index (κ2) is 6.17. The number of hydrogen-bond donors (Lipinski definition) is 1. The molecule has 6 nitrogen and oxygen atoms in total. The first-order valence-corrected chi connectivity index (χ1v) is 6.78. The standard InChI is InChI=1S/C16H14N4O2/c1-11-8-19-13(10-18-11)16(21)20-9-12-4-2-6-17-15(12)14-5-3-7-22-14/h2-8,10H,9H2,1H3,(H,20,21). The maximum absolute atomic E-state index is 12.1. The second-order valence-electron chi connectivity index (χ2n) is 4.71. The average Bonchev–Trinajstić information content (AvgIpc) is 3.08. The summed E-state index contributed by atoms with van der Waals surface area (Å²) in [6.45, 7) is 2.15. The van der Waals surface area contributed by atoms with Gasteiger partial charge in [0, 0.05) is 24.5 Å². The van der Waals surface area contributed by atoms with Crippen molar-refractivity contribution in [2.24, 2.45) is 0 Å². The number of furan rings is 1. The number of hydrogen-bond acceptors (Lipinski definition) is 5. The van der Waals surface area contributed by atoms with E-state index < -0.39 is 0 Å². The van der Waals surface area contributed by atoms with Gasteiger partial charge in [0.1, 0.15) is 11.4 Å². The molecule has 3 aromatic rings. The third-order valence-electron chi connectivity index (χ3n) is 3.10. The van der Waals surface area contributed by atoms with Gasteiger partial charge in [0.05, 0.1) is 18.2 Å². The number of rotatable bonds is 4. The lowest BCUT2D eigenvalue weighted by Gasteiger charge is -2.08. The van der Waals surface area contributed by atoms with Crippen LogP contribution in [0.5, 0.6) is 0 Å². The number of pyridine rings is 1. The Kier molecular flexibility index (Phi) is 3.91. The molecule has 0 unspecified atom stereocenters. The largest absolute Gasteiger partial charge is 0.463 e. The first-order valence-electron chi connectivity index (χ1n) is 6.78. The predicted octanol–water partition coefficient (Wildman–Crippen LogP) is 2.37. The number of amides is 1. The van der Waals surface area contributed by atoms with Crippen LogP contribution in [0.2, 0.25) is 0 Å². The number of nitrogens with zero attached hydrogens (tertiary/aromatic N) is 3. The fraction of sp³-hybridized carbons (Fsp3) is 0.125. The van der Waals surface area contributed by atoms with Gasteiger partial charge in [-0.1, -0.05) is 6.07 Å². The van der Waals surface area contributed by atoms with Crippen molar-refractivity contribution >= 4 is 5.91 Å². The van der Waals surface area contributed by atoms with E-state index in [4.69, 9.17) is 4.42 Å². The van der Waals surface area contributed by atoms with Gasteiger partial charge in [-0.25, -0.2) is 4.98 Å². The normalized spacial score (nSPS) is 10.4. The van der Waals surface area contributed by atoms with Crippen molar-refractivity contribution in [3.63, 3.8) is 0 Å². The summed E-state index contributed by atoms with van der Waals surface area (Å²) in [5, 5.41) is 2.81. The minimum atomic E-state index is -0.276. The summed E-state index contributed by atoms with van der Waals surface area (Å²) < 4.78 is 5.37. The zero-order valence-corrected chi connectivity index (χ0v) is 12.0. The van der Waals surface area contributed by atoms with Gasteiger partial charge in [0.25, 0.3) is 5.91 Å². The van der Waals surface area contributed by atoms with Crippen LogP contribution in [-0.2, 0) is 6.54 Å². The summed E-state index contributed by atoms with van der Waals surface area (Å²) in [7, 11) is 0. The first kappa shape index (κ1) is 13.9. The first-order chi connectivity index (χ1) is 10.7. The molecule has 0 aliphatic rings. The lowest BCUT2D eigenvalue weighted by atomic mass is 10.1. The molecule has 3 aromatic heterocycles. The molecule has 0 saturated heterocycles. The van der Waals surface area contributed by atoms with Crippen LogP contribution in [0.4, 0.5) is 0 Å². The van der Waals surface area contributed by atoms with Gasteiger partial charge in [-0.15, -0.1) is 0 Å². The van der Waals surface area contributed by atoms with Gasteiger partial charge < -0.3 is 9.73 Å². The Morgan fingerprint density at radius 2 is 2.09 bits per heavy atom. The number of carbonyl (C=O) groups excluding carboxylic acids is 1. The number of nitrogens with one attached hydrogen (secondary N) is 1. The molecule has 0 radical (unpaired) electrons. The SMILES string of the molecule is Cc1cnc(C(=O)NCc2cccnc2-c2ccco2)cn1. The zero-order valence-electron chi connectivity index (χ0n) is 12.0. The topological polar surface area (TPSA) is 80.9 Å². The van der Waals surface area contributed by atoms with Gasteiger partial charge in [-0.3, -0.25) is 14.8 Å². The summed E-state index contributed by atoms with van der Waals surface area (Å²) in [4.78, 5) is 24.5. The summed E-state index contributed by atoms with van der Waals surface area (Å²) in [5.74, 6) is 0.390. The van der Waals surface area contributed by atoms with Crippen molar-refractivity contribution in [2.45, 2.75) is 13.5 Å². The van der Waals surface area contributed by atoms with Crippen LogP contribution < -0.4 is 5.32 Å². The van der Waals surface area contributed by atoms with Gasteiger partial charge >= 0.3 is 0 Å². The predicted molar refractivity (Wildman–Crippen MR) is 79.9 cm³/mol. The Hall–Kier alpha value is -3.02. The van der Waals surface area contributed by atoms with Gasteiger partial charge in [-0.05, 0) is 25.1 Å². The molecule has 110 valence electrons. The highest BCUT2D eigenvalue weighted by molar-refractivity contribution is 5.91. The molecule has 0 saturated carbocycles. The Balaban J connectivity index is 1.74. The lowest BCUT2D eigenvalue weighted by Crippen LogP contribution is -2.24. The summed E-state index contributed by atoms with van der Waals surface area (Å²) in [6.07, 6.45) is 6.30. The number of aromatic nitrogens is 3. The minimum Gasteiger partial charge on any atom is -0.463 e. The van der Waals surface area contributed by atoms with E-state index in [0.717, 1.165) is 11.3 Å². The van der Waals surface area contributed by atoms with Gasteiger partial charge in [0.15, 0.2) is 5.76 Å². The van der Waals surface area contributed by atoms with Crippen molar-refractivity contribution in [3.8, 4) is 11.5 Å². The van der Waals surface area contributed by atoms with E-state index in [1.54, 1.807) is 24.7 Å². The number of aryl methyl sites for hydroxylation is 1. The molecule has 0 aliphatic carbocycles. The molecule has 0 aliphatic heterocycles. The molecule has 1 N–H and O–H groups in total. The molecular formula is C16H14N4O2. The highest BCUT2D eigenvalue weighted by Crippen LogP contribution is 2.21. The molecule has 0 atom stereocenters. The Morgan fingerprint density at radius 3 is 2.82 bits per heavy atom. The molecule has 3 heterocycles. The molecule has 3 rings (SSSR count). The van der Waals surface area contributed by atoms with E-state index in [1.807, 2.05) is 25.1 Å². The van der Waals surface area contributed by atoms with E-state index in [-0.39, 0.29) is 11.6 Å². The van der Waals surface area contributed by atoms with Crippen LogP contribution in [0.1, 0.15) is 21.7 Å². The van der Waals surface area contributed by atoms with Crippen molar-refractivity contribution in [1.29, 1.82) is 0 Å². The smallest absolute Gasteiger partial charge is 0.271 e. The Bertz CT molecular complexity index is 767. The summed E-state index contributed by atoms with van der Waals surface area (Å²) >= 11 is 0. The maximum Gasteiger partial charge on any atom is 0.271 e. The lowest BCUT2D eigenvalue weighted by molar-refractivity contribution is 0.0945. The third-order valence-corrected chi connectivity index (χ3v) is 3.10. The molecule has 6 heteroatoms. The zero-order chi connectivity index (χ0) is 15.4. The third kappa shape index (κ3) is 3.01. The van der Waals surface area contributed by atoms with Gasteiger partial charge in [-0.2, -0.15) is 0 Å². The quantitative estimate of drug-likeness (QED) is 0.799. The molecule has 0 spiro atoms. The second-order valence-corrected chi connectivity index (χ2v) is 4.71. The van der Waals surface area contributed by atoms with Crippen molar-refractivity contribution < 1.29 is 9.21 Å². The van der Waals surface area contributed by atoms with Crippen molar-refractivity contribution in [2.75, 3.05) is 0 Å². The van der Waals surface area contributed by atoms with Crippen LogP contribution in [-0.4, -0.2) is 20.9 Å². The number of carbonyl (C=O) groups is 1. The van der Waals surface area contributed by atoms with Crippen LogP contribution in [0.15, 0.2) is 53.5 Å². The molecule has 1 amide bonds. The molecule has 0 bridgehead atoms. The molecular weight excluding hydrogens is 280 g/mol. The Morgan fingerprint density at radius 1 is 1.18 bits per heavy atom. The summed E-state index contributed by atoms with van der Waals surface area (Å²) in [6, 6.07) is 7.35. The van der Waals surface area contributed by atoms with E-state index in [1.165, 1.54) is 6.20 Å². The van der Waals surface area contributed by atoms with Crippen molar-refractivity contribution in [1.82, 2.24) is 20.3 Å². The molecule has 0 fully saturated rings. The van der Waals surface area contributed by atoms with Gasteiger partial charge in [0.2, 0.25) is 0 Å². The average molecular weight is 294 g/mol. The highest BCUT2D eigenvalue weighted by atomic mass is 16.3. The van der Waals surface area contributed by atoms with Crippen LogP contribution in [0.3, 0.4) is 0 Å². The highest BCUT2D eigenvalue weighted by Gasteiger charge is 2.11. The van der Waals surface area contributed by atoms with E-state index in [2.05, 4.69) is 20.3 Å². The molecule has 22 heavy (non-hydrogen) atoms. The fourth-order valence-electron chi connectivity index (χ4n) is 1.99. The van der Waals surface area contributed by atoms with Crippen LogP contribution in [0, 0.1) is 6.92 Å². The Labute approximate surface area is 127 Å². The van der Waals surface area contributed by atoms with Crippen molar-refractivity contribution in [3.05, 3.63) is 66.1 Å². The van der Waals surface area contributed by atoms with E-state index in [0.29, 0.717) is 18.0 Å². The monoisotopic (exact) mass is 294 g/mol. The molecule has 0 aromatic carbocycles. The van der Waals surface area contributed by atoms with E-state index >= 15 is 0 Å². The fourth-order valence-corrected chi connectivity index (χ4v) is 1.99. The van der Waals surface area contributed by atoms with E-state index in [9.17, 15) is 4.79 Å². The maximum atomic E-state index is 12.1. The van der Waals surface area contributed by atoms with Crippen LogP contribution >= 0.6 is 0 Å². The summed E-state index contributed by atoms with van der Waals surface area (Å²) in [5.41, 5.74) is 2.63. The van der Waals surface area contributed by atoms with Crippen LogP contribution in [0.25, 0.3) is 11.5 Å². The minimum absolute atomic E-state index is 0.276.